The molecule has 2 aromatic rings. The van der Waals surface area contributed by atoms with Gasteiger partial charge in [0.1, 0.15) is 0 Å². The Hall–Kier alpha value is -2.34. The third kappa shape index (κ3) is 4.89. The van der Waals surface area contributed by atoms with Crippen LogP contribution in [-0.4, -0.2) is 54.6 Å². The van der Waals surface area contributed by atoms with E-state index in [1.165, 1.54) is 11.3 Å². The fourth-order valence-electron chi connectivity index (χ4n) is 3.10. The second-order valence-corrected chi connectivity index (χ2v) is 8.05. The Balaban J connectivity index is 1.66. The summed E-state index contributed by atoms with van der Waals surface area (Å²) in [5.74, 6) is 0.357. The first-order valence-electron chi connectivity index (χ1n) is 9.40. The van der Waals surface area contributed by atoms with Crippen LogP contribution >= 0.6 is 11.3 Å². The zero-order valence-electron chi connectivity index (χ0n) is 15.9. The zero-order chi connectivity index (χ0) is 19.2. The number of hydrogen-bond acceptors (Lipinski definition) is 4. The maximum Gasteiger partial charge on any atom is 0.409 e. The molecule has 1 aromatic heterocycles. The molecule has 0 aliphatic carbocycles. The van der Waals surface area contributed by atoms with Gasteiger partial charge in [0.25, 0.3) is 5.91 Å². The molecule has 0 atom stereocenters. The summed E-state index contributed by atoms with van der Waals surface area (Å²) in [5, 5.41) is 1.96. The molecule has 1 saturated heterocycles. The topological polar surface area (TPSA) is 49.9 Å². The fraction of sp³-hybridized carbons (Fsp3) is 0.429. The molecule has 0 N–H and O–H groups in total. The lowest BCUT2D eigenvalue weighted by Crippen LogP contribution is -2.37. The number of benzene rings is 1. The number of carbonyl (C=O) groups excluding carboxylic acids is 2. The highest BCUT2D eigenvalue weighted by Gasteiger charge is 2.25. The molecule has 6 heteroatoms. The molecule has 2 heterocycles. The van der Waals surface area contributed by atoms with Crippen molar-refractivity contribution in [3.8, 4) is 11.1 Å². The minimum absolute atomic E-state index is 0.0428. The van der Waals surface area contributed by atoms with Crippen LogP contribution in [0, 0.1) is 5.92 Å². The summed E-state index contributed by atoms with van der Waals surface area (Å²) in [5.41, 5.74) is 2.03. The summed E-state index contributed by atoms with van der Waals surface area (Å²) in [6.07, 6.45) is 0.480. The quantitative estimate of drug-likeness (QED) is 0.785. The van der Waals surface area contributed by atoms with Crippen molar-refractivity contribution in [1.29, 1.82) is 0 Å². The first-order chi connectivity index (χ1) is 13.1. The highest BCUT2D eigenvalue weighted by atomic mass is 32.1. The molecule has 144 valence electrons. The number of nitrogens with zero attached hydrogens (tertiary/aromatic N) is 2. The largest absolute Gasteiger partial charge is 0.449 e. The second-order valence-electron chi connectivity index (χ2n) is 7.13. The predicted octanol–water partition coefficient (Wildman–Crippen LogP) is 4.36. The van der Waals surface area contributed by atoms with Gasteiger partial charge in [-0.25, -0.2) is 4.79 Å². The van der Waals surface area contributed by atoms with Crippen LogP contribution in [-0.2, 0) is 4.74 Å². The SMILES string of the molecule is CC(C)COC(=O)N1CCCN(C(=O)c2sccc2-c2ccccc2)CC1. The van der Waals surface area contributed by atoms with Crippen molar-refractivity contribution in [1.82, 2.24) is 9.80 Å². The molecule has 0 spiro atoms. The standard InChI is InChI=1S/C21H26N2O3S/c1-16(2)15-26-21(25)23-11-6-10-22(12-13-23)20(24)19-18(9-14-27-19)17-7-4-3-5-8-17/h3-5,7-9,14,16H,6,10-13,15H2,1-2H3. The summed E-state index contributed by atoms with van der Waals surface area (Å²) >= 11 is 1.47. The summed E-state index contributed by atoms with van der Waals surface area (Å²) in [7, 11) is 0. The summed E-state index contributed by atoms with van der Waals surface area (Å²) < 4.78 is 5.33. The van der Waals surface area contributed by atoms with E-state index in [-0.39, 0.29) is 12.0 Å². The van der Waals surface area contributed by atoms with E-state index in [4.69, 9.17) is 4.74 Å². The Morgan fingerprint density at radius 2 is 1.74 bits per heavy atom. The lowest BCUT2D eigenvalue weighted by molar-refractivity contribution is 0.0751. The molecule has 1 aromatic carbocycles. The van der Waals surface area contributed by atoms with Gasteiger partial charge in [0.2, 0.25) is 0 Å². The molecule has 1 fully saturated rings. The van der Waals surface area contributed by atoms with E-state index in [1.807, 2.05) is 60.5 Å². The molecule has 3 rings (SSSR count). The van der Waals surface area contributed by atoms with Crippen molar-refractivity contribution < 1.29 is 14.3 Å². The Morgan fingerprint density at radius 1 is 1.04 bits per heavy atom. The van der Waals surface area contributed by atoms with Crippen LogP contribution in [0.2, 0.25) is 0 Å². The van der Waals surface area contributed by atoms with E-state index in [0.717, 1.165) is 22.4 Å². The van der Waals surface area contributed by atoms with Gasteiger partial charge in [-0.1, -0.05) is 44.2 Å². The Bertz CT molecular complexity index is 773. The van der Waals surface area contributed by atoms with Crippen LogP contribution in [0.3, 0.4) is 0 Å². The van der Waals surface area contributed by atoms with Crippen LogP contribution < -0.4 is 0 Å². The van der Waals surface area contributed by atoms with Gasteiger partial charge >= 0.3 is 6.09 Å². The van der Waals surface area contributed by atoms with Gasteiger partial charge in [0.15, 0.2) is 0 Å². The molecule has 1 aliphatic heterocycles. The molecule has 5 nitrogen and oxygen atoms in total. The van der Waals surface area contributed by atoms with Crippen molar-refractivity contribution >= 4 is 23.3 Å². The lowest BCUT2D eigenvalue weighted by atomic mass is 10.1. The lowest BCUT2D eigenvalue weighted by Gasteiger charge is -2.22. The molecule has 1 aliphatic rings. The molecule has 0 radical (unpaired) electrons. The van der Waals surface area contributed by atoms with E-state index < -0.39 is 0 Å². The molecule has 27 heavy (non-hydrogen) atoms. The summed E-state index contributed by atoms with van der Waals surface area (Å²) in [6.45, 7) is 6.77. The number of hydrogen-bond donors (Lipinski definition) is 0. The average Bonchev–Trinajstić information content (AvgIpc) is 3.03. The van der Waals surface area contributed by atoms with Crippen LogP contribution in [0.15, 0.2) is 41.8 Å². The van der Waals surface area contributed by atoms with E-state index in [2.05, 4.69) is 0 Å². The number of thiophene rings is 1. The third-order valence-electron chi connectivity index (χ3n) is 4.53. The normalized spacial score (nSPS) is 14.9. The molecule has 0 unspecified atom stereocenters. The zero-order valence-corrected chi connectivity index (χ0v) is 16.7. The number of ether oxygens (including phenoxy) is 1. The van der Waals surface area contributed by atoms with Gasteiger partial charge in [0.05, 0.1) is 11.5 Å². The van der Waals surface area contributed by atoms with Crippen LogP contribution in [0.4, 0.5) is 4.79 Å². The van der Waals surface area contributed by atoms with Gasteiger partial charge < -0.3 is 14.5 Å². The van der Waals surface area contributed by atoms with Crippen molar-refractivity contribution in [2.24, 2.45) is 5.92 Å². The second kappa shape index (κ2) is 9.04. The number of amides is 2. The minimum atomic E-state index is -0.279. The maximum atomic E-state index is 13.1. The van der Waals surface area contributed by atoms with Gasteiger partial charge in [-0.2, -0.15) is 0 Å². The third-order valence-corrected chi connectivity index (χ3v) is 5.43. The van der Waals surface area contributed by atoms with E-state index >= 15 is 0 Å². The molecular weight excluding hydrogens is 360 g/mol. The molecule has 2 amide bonds. The predicted molar refractivity (Wildman–Crippen MR) is 108 cm³/mol. The minimum Gasteiger partial charge on any atom is -0.449 e. The Kier molecular flexibility index (Phi) is 6.50. The van der Waals surface area contributed by atoms with Crippen molar-refractivity contribution in [2.75, 3.05) is 32.8 Å². The first kappa shape index (κ1) is 19.4. The van der Waals surface area contributed by atoms with Gasteiger partial charge in [0, 0.05) is 31.7 Å². The smallest absolute Gasteiger partial charge is 0.409 e. The Morgan fingerprint density at radius 3 is 2.48 bits per heavy atom. The number of carbonyl (C=O) groups is 2. The van der Waals surface area contributed by atoms with Gasteiger partial charge in [-0.15, -0.1) is 11.3 Å². The number of rotatable bonds is 4. The van der Waals surface area contributed by atoms with Gasteiger partial charge in [-0.05, 0) is 29.3 Å². The first-order valence-corrected chi connectivity index (χ1v) is 10.3. The van der Waals surface area contributed by atoms with Gasteiger partial charge in [-0.3, -0.25) is 4.79 Å². The van der Waals surface area contributed by atoms with Crippen LogP contribution in [0.25, 0.3) is 11.1 Å². The summed E-state index contributed by atoms with van der Waals surface area (Å²) in [6, 6.07) is 12.0. The van der Waals surface area contributed by atoms with Crippen LogP contribution in [0.5, 0.6) is 0 Å². The van der Waals surface area contributed by atoms with Crippen LogP contribution in [0.1, 0.15) is 29.9 Å². The average molecular weight is 387 g/mol. The molecular formula is C21H26N2O3S. The fourth-order valence-corrected chi connectivity index (χ4v) is 3.98. The van der Waals surface area contributed by atoms with E-state index in [9.17, 15) is 9.59 Å². The maximum absolute atomic E-state index is 13.1. The van der Waals surface area contributed by atoms with E-state index in [1.54, 1.807) is 4.90 Å². The van der Waals surface area contributed by atoms with Crippen molar-refractivity contribution in [3.05, 3.63) is 46.7 Å². The molecule has 0 bridgehead atoms. The summed E-state index contributed by atoms with van der Waals surface area (Å²) in [4.78, 5) is 29.6. The monoisotopic (exact) mass is 386 g/mol. The highest BCUT2D eigenvalue weighted by molar-refractivity contribution is 7.12. The highest BCUT2D eigenvalue weighted by Crippen LogP contribution is 2.29. The van der Waals surface area contributed by atoms with Crippen molar-refractivity contribution in [3.63, 3.8) is 0 Å². The van der Waals surface area contributed by atoms with Crippen molar-refractivity contribution in [2.45, 2.75) is 20.3 Å². The Labute approximate surface area is 164 Å². The van der Waals surface area contributed by atoms with E-state index in [0.29, 0.717) is 38.7 Å². The molecule has 0 saturated carbocycles.